The summed E-state index contributed by atoms with van der Waals surface area (Å²) < 4.78 is 71.1. The van der Waals surface area contributed by atoms with Crippen molar-refractivity contribution in [3.05, 3.63) is 132 Å². The average Bonchev–Trinajstić information content (AvgIpc) is 3.07. The molecule has 0 radical (unpaired) electrons. The first-order valence-electron chi connectivity index (χ1n) is 14.2. The summed E-state index contributed by atoms with van der Waals surface area (Å²) >= 11 is 0. The Morgan fingerprint density at radius 3 is 1.23 bits per heavy atom. The van der Waals surface area contributed by atoms with Crippen LogP contribution in [0.25, 0.3) is 32.9 Å². The molecule has 0 fully saturated rings. The Morgan fingerprint density at radius 2 is 0.833 bits per heavy atom. The molecule has 0 atom stereocenters. The summed E-state index contributed by atoms with van der Waals surface area (Å²) in [5.74, 6) is 0. The molecule has 0 amide bonds. The Kier molecular flexibility index (Phi) is 8.56. The van der Waals surface area contributed by atoms with E-state index in [1.165, 1.54) is 36.4 Å². The molecule has 6 aromatic carbocycles. The van der Waals surface area contributed by atoms with Gasteiger partial charge >= 0.3 is 0 Å². The van der Waals surface area contributed by atoms with Gasteiger partial charge in [0.1, 0.15) is 32.6 Å². The van der Waals surface area contributed by atoms with Gasteiger partial charge in [-0.1, -0.05) is 97.1 Å². The number of nitrogen functional groups attached to an aromatic ring is 2. The van der Waals surface area contributed by atoms with E-state index >= 15 is 0 Å². The maximum atomic E-state index is 12.7. The van der Waals surface area contributed by atoms with Crippen LogP contribution in [0.3, 0.4) is 0 Å². The van der Waals surface area contributed by atoms with Gasteiger partial charge in [0.05, 0.1) is 11.4 Å². The zero-order chi connectivity index (χ0) is 34.1. The molecule has 0 spiro atoms. The SMILES string of the molecule is Nc1ccc2ccccc2c1N=NC(=C(N=Nc1c(N)ccc2ccccc12)c1ccccc1S(=O)(=O)O)c1ccccc1S(=O)(=O)O. The van der Waals surface area contributed by atoms with E-state index in [1.54, 1.807) is 48.5 Å². The molecule has 0 aliphatic rings. The number of fused-ring (bicyclic) bond motifs is 2. The molecule has 240 valence electrons. The van der Waals surface area contributed by atoms with Crippen molar-refractivity contribution in [3.8, 4) is 0 Å². The van der Waals surface area contributed by atoms with Gasteiger partial charge < -0.3 is 11.5 Å². The van der Waals surface area contributed by atoms with Gasteiger partial charge in [0.15, 0.2) is 0 Å². The molecular formula is C34H26N6O6S2. The Morgan fingerprint density at radius 1 is 0.479 bits per heavy atom. The van der Waals surface area contributed by atoms with E-state index in [1.807, 2.05) is 24.3 Å². The van der Waals surface area contributed by atoms with Crippen LogP contribution in [0, 0.1) is 0 Å². The molecule has 0 aromatic heterocycles. The minimum absolute atomic E-state index is 0.201. The monoisotopic (exact) mass is 678 g/mol. The van der Waals surface area contributed by atoms with E-state index in [4.69, 9.17) is 11.5 Å². The van der Waals surface area contributed by atoms with Gasteiger partial charge in [0.25, 0.3) is 20.2 Å². The second-order valence-electron chi connectivity index (χ2n) is 10.5. The van der Waals surface area contributed by atoms with E-state index in [9.17, 15) is 25.9 Å². The van der Waals surface area contributed by atoms with Crippen molar-refractivity contribution in [2.45, 2.75) is 9.79 Å². The maximum Gasteiger partial charge on any atom is 0.295 e. The molecule has 14 heteroatoms. The fourth-order valence-electron chi connectivity index (χ4n) is 5.20. The van der Waals surface area contributed by atoms with Gasteiger partial charge in [-0.2, -0.15) is 16.8 Å². The second kappa shape index (κ2) is 12.8. The quantitative estimate of drug-likeness (QED) is 0.0534. The lowest BCUT2D eigenvalue weighted by Gasteiger charge is -2.13. The highest BCUT2D eigenvalue weighted by Crippen LogP contribution is 2.40. The Labute approximate surface area is 275 Å². The molecule has 6 aromatic rings. The molecular weight excluding hydrogens is 653 g/mol. The van der Waals surface area contributed by atoms with Crippen LogP contribution < -0.4 is 11.5 Å². The van der Waals surface area contributed by atoms with Gasteiger partial charge in [-0.25, -0.2) is 0 Å². The zero-order valence-electron chi connectivity index (χ0n) is 24.8. The summed E-state index contributed by atoms with van der Waals surface area (Å²) in [7, 11) is -9.76. The largest absolute Gasteiger partial charge is 0.397 e. The molecule has 6 rings (SSSR count). The van der Waals surface area contributed by atoms with Crippen LogP contribution in [-0.4, -0.2) is 25.9 Å². The smallest absolute Gasteiger partial charge is 0.295 e. The highest BCUT2D eigenvalue weighted by molar-refractivity contribution is 7.86. The number of anilines is 2. The standard InChI is InChI=1S/C34H26N6O6S2/c35-27-19-17-21-9-1-3-11-23(21)31(27)37-39-33(25-13-5-7-15-29(25)47(41,42)43)34(26-14-6-8-16-30(26)48(44,45)46)40-38-32-24-12-4-2-10-22(24)18-20-28(32)36/h1-20H,35-36H2,(H,41,42,43)(H,44,45,46). The summed E-state index contributed by atoms with van der Waals surface area (Å²) in [6.45, 7) is 0. The first kappa shape index (κ1) is 32.2. The number of benzene rings is 6. The molecule has 0 saturated carbocycles. The minimum Gasteiger partial charge on any atom is -0.397 e. The number of nitrogens with zero attached hydrogens (tertiary/aromatic N) is 4. The van der Waals surface area contributed by atoms with Crippen molar-refractivity contribution < 1.29 is 25.9 Å². The van der Waals surface area contributed by atoms with Gasteiger partial charge in [-0.15, -0.1) is 20.5 Å². The first-order chi connectivity index (χ1) is 22.9. The number of hydrogen-bond donors (Lipinski definition) is 4. The van der Waals surface area contributed by atoms with Gasteiger partial charge in [-0.05, 0) is 35.0 Å². The summed E-state index contributed by atoms with van der Waals surface area (Å²) in [6.07, 6.45) is 0. The number of nitrogens with two attached hydrogens (primary N) is 2. The minimum atomic E-state index is -4.88. The van der Waals surface area contributed by atoms with Gasteiger partial charge in [0, 0.05) is 21.9 Å². The first-order valence-corrected chi connectivity index (χ1v) is 17.1. The summed E-state index contributed by atoms with van der Waals surface area (Å²) in [5.41, 5.74) is 12.5. The molecule has 0 aliphatic carbocycles. The van der Waals surface area contributed by atoms with Crippen molar-refractivity contribution in [3.63, 3.8) is 0 Å². The van der Waals surface area contributed by atoms with Crippen molar-refractivity contribution in [1.29, 1.82) is 0 Å². The third-order valence-corrected chi connectivity index (χ3v) is 9.25. The van der Waals surface area contributed by atoms with Crippen LogP contribution in [0.15, 0.2) is 152 Å². The summed E-state index contributed by atoms with van der Waals surface area (Å²) in [4.78, 5) is -1.15. The highest BCUT2D eigenvalue weighted by Gasteiger charge is 2.26. The van der Waals surface area contributed by atoms with E-state index in [0.29, 0.717) is 10.8 Å². The molecule has 48 heavy (non-hydrogen) atoms. The molecule has 0 saturated heterocycles. The zero-order valence-corrected chi connectivity index (χ0v) is 26.5. The highest BCUT2D eigenvalue weighted by atomic mass is 32.2. The van der Waals surface area contributed by atoms with Gasteiger partial charge in [-0.3, -0.25) is 9.11 Å². The Hall–Kier alpha value is -5.80. The van der Waals surface area contributed by atoms with E-state index in [0.717, 1.165) is 22.9 Å². The molecule has 12 nitrogen and oxygen atoms in total. The number of rotatable bonds is 8. The normalized spacial score (nSPS) is 13.0. The molecule has 0 bridgehead atoms. The predicted molar refractivity (Wildman–Crippen MR) is 185 cm³/mol. The van der Waals surface area contributed by atoms with E-state index < -0.39 is 30.0 Å². The molecule has 0 unspecified atom stereocenters. The molecule has 0 aliphatic heterocycles. The molecule has 6 N–H and O–H groups in total. The topological polar surface area (TPSA) is 210 Å². The molecule has 0 heterocycles. The van der Waals surface area contributed by atoms with Crippen LogP contribution >= 0.6 is 0 Å². The predicted octanol–water partition coefficient (Wildman–Crippen LogP) is 8.04. The third-order valence-electron chi connectivity index (χ3n) is 7.43. The number of azo groups is 2. The number of hydrogen-bond acceptors (Lipinski definition) is 10. The lowest BCUT2D eigenvalue weighted by molar-refractivity contribution is 0.480. The van der Waals surface area contributed by atoms with Crippen LogP contribution in [0.5, 0.6) is 0 Å². The Balaban J connectivity index is 1.75. The van der Waals surface area contributed by atoms with E-state index in [2.05, 4.69) is 20.5 Å². The lowest BCUT2D eigenvalue weighted by Crippen LogP contribution is -2.05. The second-order valence-corrected chi connectivity index (χ2v) is 13.3. The van der Waals surface area contributed by atoms with Gasteiger partial charge in [0.2, 0.25) is 0 Å². The summed E-state index contributed by atoms with van der Waals surface area (Å²) in [5, 5.41) is 20.5. The van der Waals surface area contributed by atoms with Crippen LogP contribution in [0.2, 0.25) is 0 Å². The average molecular weight is 679 g/mol. The van der Waals surface area contributed by atoms with Crippen molar-refractivity contribution in [1.82, 2.24) is 0 Å². The summed E-state index contributed by atoms with van der Waals surface area (Å²) in [6, 6.07) is 32.0. The lowest BCUT2D eigenvalue weighted by atomic mass is 10.1. The van der Waals surface area contributed by atoms with Crippen LogP contribution in [0.4, 0.5) is 22.7 Å². The van der Waals surface area contributed by atoms with Crippen molar-refractivity contribution >= 4 is 75.9 Å². The fourth-order valence-corrected chi connectivity index (χ4v) is 6.59. The van der Waals surface area contributed by atoms with Crippen molar-refractivity contribution in [2.24, 2.45) is 20.5 Å². The fraction of sp³-hybridized carbons (Fsp3) is 0. The van der Waals surface area contributed by atoms with E-state index in [-0.39, 0.29) is 45.3 Å². The van der Waals surface area contributed by atoms with Crippen molar-refractivity contribution in [2.75, 3.05) is 11.5 Å². The van der Waals surface area contributed by atoms with Crippen LogP contribution in [0.1, 0.15) is 11.1 Å². The third kappa shape index (κ3) is 6.41. The maximum absolute atomic E-state index is 12.7. The van der Waals surface area contributed by atoms with Crippen LogP contribution in [-0.2, 0) is 20.2 Å². The Bertz CT molecular complexity index is 2370.